The molecular formula is C38H40Cl3N3O7S. The molecule has 0 unspecified atom stereocenters. The Morgan fingerprint density at radius 2 is 1.44 bits per heavy atom. The van der Waals surface area contributed by atoms with Gasteiger partial charge in [0.1, 0.15) is 18.3 Å². The topological polar surface area (TPSA) is 114 Å². The molecular weight excluding hydrogens is 749 g/mol. The highest BCUT2D eigenvalue weighted by Crippen LogP contribution is 2.38. The molecule has 10 nitrogen and oxygen atoms in total. The third-order valence-electron chi connectivity index (χ3n) is 8.99. The number of anilines is 1. The minimum atomic E-state index is -4.54. The summed E-state index contributed by atoms with van der Waals surface area (Å²) in [5.41, 5.74) is 1.20. The monoisotopic (exact) mass is 787 g/mol. The number of halogens is 3. The number of methoxy groups -OCH3 is 3. The van der Waals surface area contributed by atoms with Crippen molar-refractivity contribution in [1.29, 1.82) is 0 Å². The van der Waals surface area contributed by atoms with Gasteiger partial charge >= 0.3 is 0 Å². The van der Waals surface area contributed by atoms with E-state index < -0.39 is 28.5 Å². The SMILES string of the molecule is COc1ccc(S(=O)(=O)N(CC(=O)N(Cc2c(Cl)cccc2Cl)[C@@H](Cc2ccccc2)C(=O)NC2CCCC2)c2cc(Cl)ccc2OC)cc1OC. The predicted molar refractivity (Wildman–Crippen MR) is 203 cm³/mol. The zero-order valence-corrected chi connectivity index (χ0v) is 32.1. The highest BCUT2D eigenvalue weighted by molar-refractivity contribution is 7.92. The van der Waals surface area contributed by atoms with Crippen molar-refractivity contribution >= 4 is 62.3 Å². The molecule has 1 fully saturated rings. The van der Waals surface area contributed by atoms with Crippen LogP contribution in [0.2, 0.25) is 15.1 Å². The summed E-state index contributed by atoms with van der Waals surface area (Å²) in [5, 5.41) is 3.92. The number of nitrogens with zero attached hydrogens (tertiary/aromatic N) is 2. The number of hydrogen-bond acceptors (Lipinski definition) is 7. The average molecular weight is 789 g/mol. The van der Waals surface area contributed by atoms with Gasteiger partial charge in [-0.15, -0.1) is 0 Å². The predicted octanol–water partition coefficient (Wildman–Crippen LogP) is 7.57. The van der Waals surface area contributed by atoms with Gasteiger partial charge in [-0.25, -0.2) is 8.42 Å². The molecule has 4 aromatic rings. The maximum atomic E-state index is 14.9. The minimum Gasteiger partial charge on any atom is -0.495 e. The van der Waals surface area contributed by atoms with E-state index in [0.29, 0.717) is 11.3 Å². The summed E-state index contributed by atoms with van der Waals surface area (Å²) in [6.45, 7) is -0.943. The van der Waals surface area contributed by atoms with E-state index in [2.05, 4.69) is 5.32 Å². The molecule has 276 valence electrons. The van der Waals surface area contributed by atoms with Crippen LogP contribution in [0.15, 0.2) is 89.8 Å². The number of amides is 2. The number of carbonyl (C=O) groups excluding carboxylic acids is 2. The van der Waals surface area contributed by atoms with Crippen LogP contribution in [0.1, 0.15) is 36.8 Å². The van der Waals surface area contributed by atoms with Gasteiger partial charge in [0.15, 0.2) is 11.5 Å². The fourth-order valence-corrected chi connectivity index (χ4v) is 8.37. The van der Waals surface area contributed by atoms with Crippen LogP contribution >= 0.6 is 34.8 Å². The first-order valence-electron chi connectivity index (χ1n) is 16.6. The van der Waals surface area contributed by atoms with Crippen LogP contribution in [0.25, 0.3) is 0 Å². The quantitative estimate of drug-likeness (QED) is 0.132. The molecule has 0 bridgehead atoms. The highest BCUT2D eigenvalue weighted by Gasteiger charge is 2.37. The number of carbonyl (C=O) groups is 2. The maximum Gasteiger partial charge on any atom is 0.265 e. The van der Waals surface area contributed by atoms with Gasteiger partial charge in [-0.05, 0) is 60.9 Å². The fraction of sp³-hybridized carbons (Fsp3) is 0.316. The Balaban J connectivity index is 1.65. The Bertz CT molecular complexity index is 1970. The first-order valence-corrected chi connectivity index (χ1v) is 19.2. The van der Waals surface area contributed by atoms with Gasteiger partial charge in [-0.2, -0.15) is 0 Å². The Hall–Kier alpha value is -4.16. The van der Waals surface area contributed by atoms with Crippen molar-refractivity contribution in [3.63, 3.8) is 0 Å². The summed E-state index contributed by atoms with van der Waals surface area (Å²) in [6.07, 6.45) is 3.74. The molecule has 52 heavy (non-hydrogen) atoms. The molecule has 4 aromatic carbocycles. The zero-order chi connectivity index (χ0) is 37.4. The van der Waals surface area contributed by atoms with Gasteiger partial charge in [-0.1, -0.05) is 84.0 Å². The molecule has 0 radical (unpaired) electrons. The van der Waals surface area contributed by atoms with Gasteiger partial charge < -0.3 is 24.4 Å². The number of sulfonamides is 1. The first-order chi connectivity index (χ1) is 25.0. The molecule has 0 heterocycles. The Kier molecular flexibility index (Phi) is 13.2. The summed E-state index contributed by atoms with van der Waals surface area (Å²) < 4.78 is 46.5. The van der Waals surface area contributed by atoms with Gasteiger partial charge in [0, 0.05) is 45.7 Å². The second-order valence-corrected chi connectivity index (χ2v) is 15.4. The fourth-order valence-electron chi connectivity index (χ4n) is 6.25. The summed E-state index contributed by atoms with van der Waals surface area (Å²) in [6, 6.07) is 21.7. The lowest BCUT2D eigenvalue weighted by molar-refractivity contribution is -0.140. The molecule has 5 rings (SSSR count). The van der Waals surface area contributed by atoms with Gasteiger partial charge in [0.25, 0.3) is 10.0 Å². The molecule has 0 spiro atoms. The Morgan fingerprint density at radius 3 is 2.08 bits per heavy atom. The normalized spacial score (nSPS) is 13.7. The van der Waals surface area contributed by atoms with E-state index in [1.165, 1.54) is 56.6 Å². The summed E-state index contributed by atoms with van der Waals surface area (Å²) in [5.74, 6) is -0.466. The standard InChI is InChI=1S/C38H40Cl3N3O7S/c1-49-34-18-16-26(39)21-32(34)44(52(47,48)28-17-19-35(50-2)36(22-28)51-3)24-37(45)43(23-29-30(40)14-9-15-31(29)41)33(20-25-10-5-4-6-11-25)38(46)42-27-12-7-8-13-27/h4-6,9-11,14-19,21-22,27,33H,7-8,12-13,20,23-24H2,1-3H3,(H,42,46)/t33-/m0/s1. The van der Waals surface area contributed by atoms with Gasteiger partial charge in [0.2, 0.25) is 11.8 Å². The smallest absolute Gasteiger partial charge is 0.265 e. The van der Waals surface area contributed by atoms with Crippen molar-refractivity contribution in [2.45, 2.75) is 55.6 Å². The van der Waals surface area contributed by atoms with Crippen molar-refractivity contribution in [2.75, 3.05) is 32.2 Å². The van der Waals surface area contributed by atoms with Crippen molar-refractivity contribution in [1.82, 2.24) is 10.2 Å². The maximum absolute atomic E-state index is 14.9. The number of nitrogens with one attached hydrogen (secondary N) is 1. The molecule has 0 aliphatic heterocycles. The van der Waals surface area contributed by atoms with E-state index in [1.807, 2.05) is 30.3 Å². The average Bonchev–Trinajstić information content (AvgIpc) is 3.66. The van der Waals surface area contributed by atoms with E-state index in [9.17, 15) is 18.0 Å². The van der Waals surface area contributed by atoms with Crippen LogP contribution in [0.5, 0.6) is 17.2 Å². The van der Waals surface area contributed by atoms with Gasteiger partial charge in [0.05, 0.1) is 31.9 Å². The van der Waals surface area contributed by atoms with E-state index in [-0.39, 0.29) is 62.1 Å². The van der Waals surface area contributed by atoms with Crippen molar-refractivity contribution in [2.24, 2.45) is 0 Å². The Morgan fingerprint density at radius 1 is 0.808 bits per heavy atom. The Labute approximate surface area is 319 Å². The van der Waals surface area contributed by atoms with Crippen molar-refractivity contribution < 1.29 is 32.2 Å². The van der Waals surface area contributed by atoms with Crippen LogP contribution in [0.4, 0.5) is 5.69 Å². The second kappa shape index (κ2) is 17.6. The van der Waals surface area contributed by atoms with Crippen molar-refractivity contribution in [3.05, 3.63) is 111 Å². The largest absolute Gasteiger partial charge is 0.495 e. The number of hydrogen-bond donors (Lipinski definition) is 1. The molecule has 0 saturated heterocycles. The van der Waals surface area contributed by atoms with Crippen LogP contribution < -0.4 is 23.8 Å². The van der Waals surface area contributed by atoms with Crippen LogP contribution in [-0.4, -0.2) is 65.1 Å². The molecule has 14 heteroatoms. The third kappa shape index (κ3) is 9.06. The van der Waals surface area contributed by atoms with Crippen LogP contribution in [-0.2, 0) is 32.6 Å². The van der Waals surface area contributed by atoms with E-state index in [0.717, 1.165) is 35.6 Å². The number of benzene rings is 4. The van der Waals surface area contributed by atoms with Gasteiger partial charge in [-0.3, -0.25) is 13.9 Å². The summed E-state index contributed by atoms with van der Waals surface area (Å²) >= 11 is 19.7. The molecule has 2 amide bonds. The third-order valence-corrected chi connectivity index (χ3v) is 11.7. The van der Waals surface area contributed by atoms with E-state index in [1.54, 1.807) is 24.3 Å². The molecule has 1 N–H and O–H groups in total. The second-order valence-electron chi connectivity index (χ2n) is 12.3. The number of rotatable bonds is 15. The first kappa shape index (κ1) is 39.1. The molecule has 1 aliphatic carbocycles. The molecule has 1 aliphatic rings. The summed E-state index contributed by atoms with van der Waals surface area (Å²) in [7, 11) is -0.345. The highest BCUT2D eigenvalue weighted by atomic mass is 35.5. The van der Waals surface area contributed by atoms with E-state index >= 15 is 0 Å². The zero-order valence-electron chi connectivity index (χ0n) is 29.0. The molecule has 1 atom stereocenters. The van der Waals surface area contributed by atoms with Crippen LogP contribution in [0, 0.1) is 0 Å². The summed E-state index contributed by atoms with van der Waals surface area (Å²) in [4.78, 5) is 30.4. The molecule has 0 aromatic heterocycles. The minimum absolute atomic E-state index is 0.00359. The molecule has 1 saturated carbocycles. The lowest BCUT2D eigenvalue weighted by Crippen LogP contribution is -2.54. The van der Waals surface area contributed by atoms with Crippen LogP contribution in [0.3, 0.4) is 0 Å². The van der Waals surface area contributed by atoms with E-state index in [4.69, 9.17) is 49.0 Å². The lowest BCUT2D eigenvalue weighted by Gasteiger charge is -2.35. The lowest BCUT2D eigenvalue weighted by atomic mass is 10.0. The number of ether oxygens (including phenoxy) is 3. The van der Waals surface area contributed by atoms with Crippen molar-refractivity contribution in [3.8, 4) is 17.2 Å².